The number of aryl methyl sites for hydroxylation is 1. The molecule has 6 nitrogen and oxygen atoms in total. The van der Waals surface area contributed by atoms with Crippen LogP contribution in [-0.2, 0) is 4.74 Å². The van der Waals surface area contributed by atoms with Crippen molar-refractivity contribution in [2.75, 3.05) is 26.3 Å². The maximum absolute atomic E-state index is 12.3. The molecule has 3 rings (SSSR count). The Hall–Kier alpha value is -2.44. The average Bonchev–Trinajstić information content (AvgIpc) is 3.08. The maximum atomic E-state index is 12.3. The van der Waals surface area contributed by atoms with Crippen molar-refractivity contribution < 1.29 is 13.9 Å². The van der Waals surface area contributed by atoms with Gasteiger partial charge in [-0.3, -0.25) is 9.69 Å². The minimum atomic E-state index is -0.264. The predicted molar refractivity (Wildman–Crippen MR) is 95.6 cm³/mol. The fourth-order valence-corrected chi connectivity index (χ4v) is 3.07. The fourth-order valence-electron chi connectivity index (χ4n) is 3.07. The van der Waals surface area contributed by atoms with E-state index in [4.69, 9.17) is 9.15 Å². The summed E-state index contributed by atoms with van der Waals surface area (Å²) in [4.78, 5) is 14.6. The van der Waals surface area contributed by atoms with Crippen molar-refractivity contribution in [1.82, 2.24) is 10.3 Å². The average molecular weight is 341 g/mol. The van der Waals surface area contributed by atoms with Crippen molar-refractivity contribution in [1.29, 1.82) is 0 Å². The molecule has 6 heteroatoms. The summed E-state index contributed by atoms with van der Waals surface area (Å²) in [5, 5.41) is 4.37. The van der Waals surface area contributed by atoms with Gasteiger partial charge in [-0.2, -0.15) is 5.10 Å². The summed E-state index contributed by atoms with van der Waals surface area (Å²) in [6.45, 7) is 6.78. The van der Waals surface area contributed by atoms with Gasteiger partial charge < -0.3 is 9.15 Å². The van der Waals surface area contributed by atoms with Crippen LogP contribution in [0, 0.1) is 6.92 Å². The number of nitrogens with zero attached hydrogens (tertiary/aromatic N) is 2. The molecule has 132 valence electrons. The molecule has 1 atom stereocenters. The molecule has 1 saturated heterocycles. The molecular weight excluding hydrogens is 318 g/mol. The molecule has 0 spiro atoms. The van der Waals surface area contributed by atoms with Crippen LogP contribution in [0.4, 0.5) is 0 Å². The third-order valence-electron chi connectivity index (χ3n) is 4.36. The minimum absolute atomic E-state index is 0.0100. The van der Waals surface area contributed by atoms with E-state index in [9.17, 15) is 4.79 Å². The number of morpholine rings is 1. The van der Waals surface area contributed by atoms with Crippen LogP contribution in [-0.4, -0.2) is 42.8 Å². The van der Waals surface area contributed by atoms with E-state index in [0.29, 0.717) is 24.5 Å². The highest BCUT2D eigenvalue weighted by atomic mass is 16.5. The molecule has 25 heavy (non-hydrogen) atoms. The summed E-state index contributed by atoms with van der Waals surface area (Å²) in [6, 6.07) is 11.9. The van der Waals surface area contributed by atoms with Crippen LogP contribution in [0.1, 0.15) is 34.6 Å². The first-order chi connectivity index (χ1) is 12.2. The lowest BCUT2D eigenvalue weighted by molar-refractivity contribution is 0.0285. The first kappa shape index (κ1) is 17.4. The monoisotopic (exact) mass is 341 g/mol. The second kappa shape index (κ2) is 8.09. The van der Waals surface area contributed by atoms with E-state index < -0.39 is 0 Å². The Morgan fingerprint density at radius 3 is 2.56 bits per heavy atom. The van der Waals surface area contributed by atoms with E-state index in [2.05, 4.69) is 27.6 Å². The molecule has 2 heterocycles. The number of hydrogen-bond acceptors (Lipinski definition) is 5. The highest BCUT2D eigenvalue weighted by molar-refractivity contribution is 5.96. The van der Waals surface area contributed by atoms with Crippen LogP contribution in [0.5, 0.6) is 0 Å². The molecule has 1 aliphatic rings. The van der Waals surface area contributed by atoms with Gasteiger partial charge in [0.25, 0.3) is 5.91 Å². The summed E-state index contributed by atoms with van der Waals surface area (Å²) in [5.74, 6) is 0.317. The Morgan fingerprint density at radius 1 is 1.20 bits per heavy atom. The van der Waals surface area contributed by atoms with E-state index in [1.165, 1.54) is 6.26 Å². The SMILES string of the molecule is C/C(=N\NC(=O)c1ccoc1C)C(c1ccccc1)N1CCOCC1. The highest BCUT2D eigenvalue weighted by Crippen LogP contribution is 2.23. The quantitative estimate of drug-likeness (QED) is 0.671. The third-order valence-corrected chi connectivity index (χ3v) is 4.36. The number of benzene rings is 1. The molecule has 0 aliphatic carbocycles. The topological polar surface area (TPSA) is 67.1 Å². The van der Waals surface area contributed by atoms with E-state index >= 15 is 0 Å². The van der Waals surface area contributed by atoms with Gasteiger partial charge in [0.05, 0.1) is 36.8 Å². The van der Waals surface area contributed by atoms with E-state index in [1.54, 1.807) is 13.0 Å². The predicted octanol–water partition coefficient (Wildman–Crippen LogP) is 2.77. The van der Waals surface area contributed by atoms with Crippen LogP contribution in [0.25, 0.3) is 0 Å². The van der Waals surface area contributed by atoms with Crippen molar-refractivity contribution in [3.63, 3.8) is 0 Å². The number of carbonyl (C=O) groups is 1. The summed E-state index contributed by atoms with van der Waals surface area (Å²) >= 11 is 0. The molecule has 0 saturated carbocycles. The number of furan rings is 1. The van der Waals surface area contributed by atoms with Crippen molar-refractivity contribution in [2.45, 2.75) is 19.9 Å². The maximum Gasteiger partial charge on any atom is 0.274 e. The summed E-state index contributed by atoms with van der Waals surface area (Å²) < 4.78 is 10.6. The van der Waals surface area contributed by atoms with Gasteiger partial charge in [-0.05, 0) is 25.5 Å². The largest absolute Gasteiger partial charge is 0.469 e. The Balaban J connectivity index is 1.79. The van der Waals surface area contributed by atoms with E-state index in [-0.39, 0.29) is 11.9 Å². The highest BCUT2D eigenvalue weighted by Gasteiger charge is 2.25. The first-order valence-electron chi connectivity index (χ1n) is 8.42. The number of hydrazone groups is 1. The molecule has 0 radical (unpaired) electrons. The zero-order chi connectivity index (χ0) is 17.6. The Labute approximate surface area is 147 Å². The van der Waals surface area contributed by atoms with Crippen LogP contribution in [0.2, 0.25) is 0 Å². The van der Waals surface area contributed by atoms with Gasteiger partial charge in [0.15, 0.2) is 0 Å². The molecule has 1 N–H and O–H groups in total. The lowest BCUT2D eigenvalue weighted by atomic mass is 10.0. The Kier molecular flexibility index (Phi) is 5.63. The molecule has 0 bridgehead atoms. The number of amides is 1. The number of hydrogen-bond donors (Lipinski definition) is 1. The van der Waals surface area contributed by atoms with Gasteiger partial charge in [0.1, 0.15) is 5.76 Å². The molecule has 1 unspecified atom stereocenters. The molecule has 1 aromatic carbocycles. The lowest BCUT2D eigenvalue weighted by Crippen LogP contribution is -2.42. The van der Waals surface area contributed by atoms with Crippen molar-refractivity contribution in [3.05, 3.63) is 59.5 Å². The van der Waals surface area contributed by atoms with Gasteiger partial charge in [-0.15, -0.1) is 0 Å². The molecule has 1 amide bonds. The molecule has 1 fully saturated rings. The minimum Gasteiger partial charge on any atom is -0.469 e. The number of carbonyl (C=O) groups excluding carboxylic acids is 1. The van der Waals surface area contributed by atoms with Crippen molar-refractivity contribution in [3.8, 4) is 0 Å². The molecular formula is C19H23N3O3. The summed E-state index contributed by atoms with van der Waals surface area (Å²) in [7, 11) is 0. The van der Waals surface area contributed by atoms with Crippen LogP contribution >= 0.6 is 0 Å². The zero-order valence-electron chi connectivity index (χ0n) is 14.6. The van der Waals surface area contributed by atoms with Gasteiger partial charge >= 0.3 is 0 Å². The second-order valence-corrected chi connectivity index (χ2v) is 6.05. The number of rotatable bonds is 5. The number of ether oxygens (including phenoxy) is 1. The Morgan fingerprint density at radius 2 is 1.92 bits per heavy atom. The smallest absolute Gasteiger partial charge is 0.274 e. The zero-order valence-corrected chi connectivity index (χ0v) is 14.6. The van der Waals surface area contributed by atoms with E-state index in [0.717, 1.165) is 24.4 Å². The van der Waals surface area contributed by atoms with Crippen molar-refractivity contribution in [2.24, 2.45) is 5.10 Å². The molecule has 1 aromatic heterocycles. The standard InChI is InChI=1S/C19H23N3O3/c1-14(20-21-19(23)17-8-11-25-15(17)2)18(16-6-4-3-5-7-16)22-9-12-24-13-10-22/h3-8,11,18H,9-10,12-13H2,1-2H3,(H,21,23)/b20-14+. The van der Waals surface area contributed by atoms with Gasteiger partial charge in [0, 0.05) is 13.1 Å². The van der Waals surface area contributed by atoms with Crippen LogP contribution in [0.3, 0.4) is 0 Å². The van der Waals surface area contributed by atoms with Crippen molar-refractivity contribution >= 4 is 11.6 Å². The van der Waals surface area contributed by atoms with Gasteiger partial charge in [-0.25, -0.2) is 5.43 Å². The summed E-state index contributed by atoms with van der Waals surface area (Å²) in [5.41, 5.74) is 5.13. The molecule has 1 aliphatic heterocycles. The fraction of sp³-hybridized carbons (Fsp3) is 0.368. The van der Waals surface area contributed by atoms with E-state index in [1.807, 2.05) is 25.1 Å². The number of nitrogens with one attached hydrogen (secondary N) is 1. The Bertz CT molecular complexity index is 733. The van der Waals surface area contributed by atoms with Crippen LogP contribution in [0.15, 0.2) is 52.2 Å². The normalized spacial score (nSPS) is 17.3. The lowest BCUT2D eigenvalue weighted by Gasteiger charge is -2.34. The second-order valence-electron chi connectivity index (χ2n) is 6.05. The molecule has 2 aromatic rings. The summed E-state index contributed by atoms with van der Waals surface area (Å²) in [6.07, 6.45) is 1.50. The third kappa shape index (κ3) is 4.15. The first-order valence-corrected chi connectivity index (χ1v) is 8.42. The van der Waals surface area contributed by atoms with Gasteiger partial charge in [0.2, 0.25) is 0 Å². The van der Waals surface area contributed by atoms with Gasteiger partial charge in [-0.1, -0.05) is 30.3 Å². The van der Waals surface area contributed by atoms with Crippen LogP contribution < -0.4 is 5.43 Å².